The first-order valence-corrected chi connectivity index (χ1v) is 5.39. The van der Waals surface area contributed by atoms with E-state index in [9.17, 15) is 14.7 Å². The summed E-state index contributed by atoms with van der Waals surface area (Å²) >= 11 is 0. The molecule has 0 aliphatic rings. The number of esters is 1. The first-order valence-electron chi connectivity index (χ1n) is 5.39. The standard InChI is InChI=1S/C12H19NO4/c1-11(2,3)17-10(15)7-9(14)8-12(4,16)5-6-13/h16H,5,7-8H2,1-4H3/t12-/m1/s1. The van der Waals surface area contributed by atoms with Crippen molar-refractivity contribution in [3.8, 4) is 6.07 Å². The molecule has 0 aromatic rings. The molecule has 0 aromatic carbocycles. The molecule has 1 N–H and O–H groups in total. The third-order valence-corrected chi connectivity index (χ3v) is 1.80. The Morgan fingerprint density at radius 1 is 1.29 bits per heavy atom. The van der Waals surface area contributed by atoms with Crippen molar-refractivity contribution in [2.45, 2.75) is 58.2 Å². The molecule has 0 aliphatic carbocycles. The number of nitrogens with zero attached hydrogens (tertiary/aromatic N) is 1. The summed E-state index contributed by atoms with van der Waals surface area (Å²) in [5.41, 5.74) is -2.01. The van der Waals surface area contributed by atoms with Crippen LogP contribution in [0.25, 0.3) is 0 Å². The van der Waals surface area contributed by atoms with Crippen LogP contribution in [0.15, 0.2) is 0 Å². The summed E-state index contributed by atoms with van der Waals surface area (Å²) in [7, 11) is 0. The minimum atomic E-state index is -1.38. The van der Waals surface area contributed by atoms with Crippen LogP contribution in [0.3, 0.4) is 0 Å². The van der Waals surface area contributed by atoms with E-state index in [0.717, 1.165) is 0 Å². The molecule has 5 heteroatoms. The maximum absolute atomic E-state index is 11.5. The molecule has 0 unspecified atom stereocenters. The zero-order chi connectivity index (χ0) is 13.7. The molecule has 0 rings (SSSR count). The largest absolute Gasteiger partial charge is 0.460 e. The van der Waals surface area contributed by atoms with Crippen LogP contribution in [0, 0.1) is 11.3 Å². The Labute approximate surface area is 101 Å². The van der Waals surface area contributed by atoms with E-state index >= 15 is 0 Å². The van der Waals surface area contributed by atoms with E-state index in [1.807, 2.05) is 0 Å². The first-order chi connectivity index (χ1) is 7.56. The predicted molar refractivity (Wildman–Crippen MR) is 60.9 cm³/mol. The number of rotatable bonds is 5. The predicted octanol–water partition coefficient (Wildman–Crippen LogP) is 1.34. The SMILES string of the molecule is CC(C)(C)OC(=O)CC(=O)C[C@](C)(O)CC#N. The minimum absolute atomic E-state index is 0.146. The van der Waals surface area contributed by atoms with Crippen molar-refractivity contribution in [3.05, 3.63) is 0 Å². The van der Waals surface area contributed by atoms with Gasteiger partial charge in [-0.1, -0.05) is 0 Å². The van der Waals surface area contributed by atoms with Gasteiger partial charge in [0.1, 0.15) is 17.8 Å². The average molecular weight is 241 g/mol. The normalized spacial score (nSPS) is 14.6. The summed E-state index contributed by atoms with van der Waals surface area (Å²) in [5, 5.41) is 18.1. The Bertz CT molecular complexity index is 333. The van der Waals surface area contributed by atoms with Gasteiger partial charge in [0.05, 0.1) is 18.1 Å². The second-order valence-corrected chi connectivity index (χ2v) is 5.31. The van der Waals surface area contributed by atoms with Gasteiger partial charge in [-0.3, -0.25) is 9.59 Å². The van der Waals surface area contributed by atoms with Crippen molar-refractivity contribution < 1.29 is 19.4 Å². The molecule has 0 spiro atoms. The second kappa shape index (κ2) is 5.78. The van der Waals surface area contributed by atoms with Gasteiger partial charge in [0, 0.05) is 6.42 Å². The van der Waals surface area contributed by atoms with E-state index in [0.29, 0.717) is 0 Å². The number of Topliss-reactive ketones (excluding diaryl/α,β-unsaturated/α-hetero) is 1. The third-order valence-electron chi connectivity index (χ3n) is 1.80. The highest BCUT2D eigenvalue weighted by Crippen LogP contribution is 2.16. The van der Waals surface area contributed by atoms with Crippen molar-refractivity contribution in [2.75, 3.05) is 0 Å². The van der Waals surface area contributed by atoms with Gasteiger partial charge in [-0.25, -0.2) is 0 Å². The maximum atomic E-state index is 11.5. The van der Waals surface area contributed by atoms with E-state index < -0.39 is 23.0 Å². The van der Waals surface area contributed by atoms with Crippen molar-refractivity contribution in [1.82, 2.24) is 0 Å². The van der Waals surface area contributed by atoms with Gasteiger partial charge in [0.25, 0.3) is 0 Å². The van der Waals surface area contributed by atoms with Crippen LogP contribution in [0.5, 0.6) is 0 Å². The highest BCUT2D eigenvalue weighted by atomic mass is 16.6. The maximum Gasteiger partial charge on any atom is 0.313 e. The summed E-state index contributed by atoms with van der Waals surface area (Å²) in [5.74, 6) is -1.05. The topological polar surface area (TPSA) is 87.4 Å². The zero-order valence-electron chi connectivity index (χ0n) is 10.7. The molecule has 17 heavy (non-hydrogen) atoms. The fraction of sp³-hybridized carbons (Fsp3) is 0.750. The summed E-state index contributed by atoms with van der Waals surface area (Å²) in [6, 6.07) is 1.79. The van der Waals surface area contributed by atoms with E-state index in [2.05, 4.69) is 0 Å². The molecule has 5 nitrogen and oxygen atoms in total. The van der Waals surface area contributed by atoms with Crippen LogP contribution < -0.4 is 0 Å². The molecule has 0 radical (unpaired) electrons. The lowest BCUT2D eigenvalue weighted by molar-refractivity contribution is -0.156. The van der Waals surface area contributed by atoms with Crippen LogP contribution in [-0.4, -0.2) is 28.1 Å². The van der Waals surface area contributed by atoms with Gasteiger partial charge in [0.15, 0.2) is 0 Å². The lowest BCUT2D eigenvalue weighted by Gasteiger charge is -2.21. The quantitative estimate of drug-likeness (QED) is 0.579. The number of nitriles is 1. The first kappa shape index (κ1) is 15.6. The highest BCUT2D eigenvalue weighted by molar-refractivity contribution is 5.96. The number of carbonyl (C=O) groups is 2. The molecule has 1 atom stereocenters. The van der Waals surface area contributed by atoms with Crippen molar-refractivity contribution >= 4 is 11.8 Å². The lowest BCUT2D eigenvalue weighted by Crippen LogP contribution is -2.30. The highest BCUT2D eigenvalue weighted by Gasteiger charge is 2.26. The van der Waals surface area contributed by atoms with Crippen LogP contribution in [0.1, 0.15) is 47.0 Å². The number of ether oxygens (including phenoxy) is 1. The number of hydrogen-bond acceptors (Lipinski definition) is 5. The number of ketones is 1. The van der Waals surface area contributed by atoms with Crippen molar-refractivity contribution in [2.24, 2.45) is 0 Å². The molecule has 0 saturated heterocycles. The van der Waals surface area contributed by atoms with Gasteiger partial charge in [-0.2, -0.15) is 5.26 Å². The zero-order valence-corrected chi connectivity index (χ0v) is 10.7. The Hall–Kier alpha value is -1.41. The molecule has 0 amide bonds. The molecule has 0 saturated carbocycles. The van der Waals surface area contributed by atoms with Gasteiger partial charge >= 0.3 is 5.97 Å². The molecule has 0 aromatic heterocycles. The second-order valence-electron chi connectivity index (χ2n) is 5.31. The lowest BCUT2D eigenvalue weighted by atomic mass is 9.95. The number of aliphatic hydroxyl groups is 1. The summed E-state index contributed by atoms with van der Waals surface area (Å²) in [4.78, 5) is 22.8. The van der Waals surface area contributed by atoms with Crippen LogP contribution >= 0.6 is 0 Å². The third kappa shape index (κ3) is 8.40. The smallest absolute Gasteiger partial charge is 0.313 e. The van der Waals surface area contributed by atoms with E-state index in [-0.39, 0.29) is 19.3 Å². The van der Waals surface area contributed by atoms with Crippen molar-refractivity contribution in [3.63, 3.8) is 0 Å². The Kier molecular flexibility index (Phi) is 5.30. The summed E-state index contributed by atoms with van der Waals surface area (Å²) in [6.07, 6.45) is -0.744. The van der Waals surface area contributed by atoms with Crippen LogP contribution in [0.2, 0.25) is 0 Å². The fourth-order valence-electron chi connectivity index (χ4n) is 1.26. The number of carbonyl (C=O) groups excluding carboxylic acids is 2. The van der Waals surface area contributed by atoms with Crippen LogP contribution in [-0.2, 0) is 14.3 Å². The van der Waals surface area contributed by atoms with Gasteiger partial charge in [0.2, 0.25) is 0 Å². The Morgan fingerprint density at radius 3 is 2.24 bits per heavy atom. The van der Waals surface area contributed by atoms with Gasteiger partial charge in [-0.15, -0.1) is 0 Å². The number of hydrogen-bond donors (Lipinski definition) is 1. The summed E-state index contributed by atoms with van der Waals surface area (Å²) in [6.45, 7) is 6.52. The Balaban J connectivity index is 4.21. The molecule has 0 fully saturated rings. The molecule has 0 heterocycles. The van der Waals surface area contributed by atoms with E-state index in [1.165, 1.54) is 6.92 Å². The van der Waals surface area contributed by atoms with Crippen LogP contribution in [0.4, 0.5) is 0 Å². The van der Waals surface area contributed by atoms with Gasteiger partial charge in [-0.05, 0) is 27.7 Å². The summed E-state index contributed by atoms with van der Waals surface area (Å²) < 4.78 is 4.98. The molecule has 96 valence electrons. The fourth-order valence-corrected chi connectivity index (χ4v) is 1.26. The van der Waals surface area contributed by atoms with E-state index in [4.69, 9.17) is 10.00 Å². The van der Waals surface area contributed by atoms with Gasteiger partial charge < -0.3 is 9.84 Å². The average Bonchev–Trinajstić information content (AvgIpc) is 1.96. The van der Waals surface area contributed by atoms with E-state index in [1.54, 1.807) is 26.8 Å². The Morgan fingerprint density at radius 2 is 1.82 bits per heavy atom. The molecule has 0 bridgehead atoms. The molecule has 0 aliphatic heterocycles. The van der Waals surface area contributed by atoms with Crippen molar-refractivity contribution in [1.29, 1.82) is 5.26 Å². The molecular formula is C12H19NO4. The minimum Gasteiger partial charge on any atom is -0.460 e. The molecular weight excluding hydrogens is 222 g/mol. The monoisotopic (exact) mass is 241 g/mol.